The molecule has 0 spiro atoms. The third kappa shape index (κ3) is 2.83. The summed E-state index contributed by atoms with van der Waals surface area (Å²) in [7, 11) is -3.25. The van der Waals surface area contributed by atoms with Crippen LogP contribution in [-0.2, 0) is 26.0 Å². The van der Waals surface area contributed by atoms with Crippen molar-refractivity contribution in [3.63, 3.8) is 0 Å². The first-order valence-electron chi connectivity index (χ1n) is 7.40. The van der Waals surface area contributed by atoms with Crippen LogP contribution in [-0.4, -0.2) is 52.3 Å². The lowest BCUT2D eigenvalue weighted by Crippen LogP contribution is -2.39. The van der Waals surface area contributed by atoms with Gasteiger partial charge in [-0.15, -0.1) is 0 Å². The van der Waals surface area contributed by atoms with Crippen LogP contribution in [0.2, 0.25) is 0 Å². The monoisotopic (exact) mass is 324 g/mol. The van der Waals surface area contributed by atoms with Gasteiger partial charge >= 0.3 is 0 Å². The molecular weight excluding hydrogens is 304 g/mol. The molecule has 1 unspecified atom stereocenters. The van der Waals surface area contributed by atoms with Gasteiger partial charge in [-0.25, -0.2) is 8.42 Å². The van der Waals surface area contributed by atoms with E-state index in [1.54, 1.807) is 4.90 Å². The molecule has 120 valence electrons. The smallest absolute Gasteiger partial charge is 0.232 e. The van der Waals surface area contributed by atoms with Crippen LogP contribution in [0.5, 0.6) is 0 Å². The van der Waals surface area contributed by atoms with Gasteiger partial charge in [0.1, 0.15) is 0 Å². The van der Waals surface area contributed by atoms with E-state index in [0.717, 1.165) is 36.1 Å². The Morgan fingerprint density at radius 3 is 2.86 bits per heavy atom. The van der Waals surface area contributed by atoms with Gasteiger partial charge in [0.15, 0.2) is 0 Å². The topological polar surface area (TPSA) is 66.9 Å². The largest absolute Gasteiger partial charge is 0.377 e. The van der Waals surface area contributed by atoms with Crippen LogP contribution in [0.3, 0.4) is 0 Å². The van der Waals surface area contributed by atoms with Crippen LogP contribution < -0.4 is 4.31 Å². The SMILES string of the molecule is CS(=O)(=O)N1CCCc2cc(C3COCCN3C=O)ccc21. The zero-order chi connectivity index (χ0) is 15.7. The molecule has 2 aliphatic heterocycles. The molecule has 1 aromatic rings. The van der Waals surface area contributed by atoms with Crippen molar-refractivity contribution in [3.05, 3.63) is 29.3 Å². The fourth-order valence-electron chi connectivity index (χ4n) is 3.16. The van der Waals surface area contributed by atoms with Crippen molar-refractivity contribution in [2.24, 2.45) is 0 Å². The number of nitrogens with zero attached hydrogens (tertiary/aromatic N) is 2. The van der Waals surface area contributed by atoms with Gasteiger partial charge in [0.2, 0.25) is 16.4 Å². The molecular formula is C15H20N2O4S. The Balaban J connectivity index is 1.95. The molecule has 0 saturated carbocycles. The van der Waals surface area contributed by atoms with Gasteiger partial charge in [0.25, 0.3) is 0 Å². The molecule has 7 heteroatoms. The van der Waals surface area contributed by atoms with E-state index in [2.05, 4.69) is 0 Å². The van der Waals surface area contributed by atoms with E-state index in [1.807, 2.05) is 18.2 Å². The molecule has 1 saturated heterocycles. The minimum absolute atomic E-state index is 0.0924. The van der Waals surface area contributed by atoms with E-state index >= 15 is 0 Å². The average molecular weight is 324 g/mol. The highest BCUT2D eigenvalue weighted by atomic mass is 32.2. The lowest BCUT2D eigenvalue weighted by Gasteiger charge is -2.34. The number of ether oxygens (including phenoxy) is 1. The third-order valence-corrected chi connectivity index (χ3v) is 5.45. The summed E-state index contributed by atoms with van der Waals surface area (Å²) in [6, 6.07) is 5.67. The van der Waals surface area contributed by atoms with Crippen molar-refractivity contribution in [2.75, 3.05) is 36.9 Å². The zero-order valence-electron chi connectivity index (χ0n) is 12.6. The second kappa shape index (κ2) is 5.89. The van der Waals surface area contributed by atoms with Crippen molar-refractivity contribution < 1.29 is 17.9 Å². The molecule has 0 bridgehead atoms. The predicted molar refractivity (Wildman–Crippen MR) is 83.3 cm³/mol. The minimum Gasteiger partial charge on any atom is -0.377 e. The molecule has 3 rings (SSSR count). The molecule has 22 heavy (non-hydrogen) atoms. The van der Waals surface area contributed by atoms with Gasteiger partial charge in [-0.2, -0.15) is 0 Å². The Labute approximate surface area is 130 Å². The van der Waals surface area contributed by atoms with Crippen LogP contribution in [0.1, 0.15) is 23.6 Å². The zero-order valence-corrected chi connectivity index (χ0v) is 13.4. The first kappa shape index (κ1) is 15.3. The number of carbonyl (C=O) groups is 1. The van der Waals surface area contributed by atoms with Gasteiger partial charge in [0, 0.05) is 13.1 Å². The lowest BCUT2D eigenvalue weighted by molar-refractivity contribution is -0.126. The number of hydrogen-bond donors (Lipinski definition) is 0. The molecule has 1 aromatic carbocycles. The molecule has 0 aromatic heterocycles. The highest BCUT2D eigenvalue weighted by Crippen LogP contribution is 2.33. The summed E-state index contributed by atoms with van der Waals surface area (Å²) in [5, 5.41) is 0. The van der Waals surface area contributed by atoms with E-state index in [9.17, 15) is 13.2 Å². The summed E-state index contributed by atoms with van der Waals surface area (Å²) in [5.41, 5.74) is 2.78. The van der Waals surface area contributed by atoms with Crippen molar-refractivity contribution in [1.29, 1.82) is 0 Å². The number of morpholine rings is 1. The van der Waals surface area contributed by atoms with E-state index in [-0.39, 0.29) is 6.04 Å². The number of benzene rings is 1. The quantitative estimate of drug-likeness (QED) is 0.776. The summed E-state index contributed by atoms with van der Waals surface area (Å²) in [4.78, 5) is 12.9. The Morgan fingerprint density at radius 1 is 1.32 bits per heavy atom. The molecule has 1 atom stereocenters. The Bertz CT molecular complexity index is 674. The maximum atomic E-state index is 11.9. The molecule has 0 N–H and O–H groups in total. The minimum atomic E-state index is -3.25. The molecule has 2 aliphatic rings. The summed E-state index contributed by atoms with van der Waals surface area (Å²) < 4.78 is 30.7. The number of carbonyl (C=O) groups excluding carboxylic acids is 1. The van der Waals surface area contributed by atoms with Gasteiger partial charge in [-0.3, -0.25) is 9.10 Å². The summed E-state index contributed by atoms with van der Waals surface area (Å²) >= 11 is 0. The Kier molecular flexibility index (Phi) is 4.10. The molecule has 0 aliphatic carbocycles. The normalized spacial score (nSPS) is 22.3. The maximum Gasteiger partial charge on any atom is 0.232 e. The second-order valence-corrected chi connectivity index (χ2v) is 7.67. The molecule has 6 nitrogen and oxygen atoms in total. The lowest BCUT2D eigenvalue weighted by atomic mass is 9.97. The van der Waals surface area contributed by atoms with Gasteiger partial charge in [-0.1, -0.05) is 12.1 Å². The second-order valence-electron chi connectivity index (χ2n) is 5.76. The number of sulfonamides is 1. The van der Waals surface area contributed by atoms with E-state index in [0.29, 0.717) is 26.3 Å². The fourth-order valence-corrected chi connectivity index (χ4v) is 4.16. The van der Waals surface area contributed by atoms with Crippen molar-refractivity contribution in [3.8, 4) is 0 Å². The number of aryl methyl sites for hydroxylation is 1. The van der Waals surface area contributed by atoms with Gasteiger partial charge in [-0.05, 0) is 30.0 Å². The highest BCUT2D eigenvalue weighted by Gasteiger charge is 2.27. The van der Waals surface area contributed by atoms with E-state index in [4.69, 9.17) is 4.74 Å². The van der Waals surface area contributed by atoms with Crippen molar-refractivity contribution in [1.82, 2.24) is 4.90 Å². The standard InChI is InChI=1S/C15H20N2O4S/c1-22(19,20)17-6-2-3-12-9-13(4-5-14(12)17)15-10-21-8-7-16(15)11-18/h4-5,9,11,15H,2-3,6-8,10H2,1H3. The Morgan fingerprint density at radius 2 is 2.14 bits per heavy atom. The summed E-state index contributed by atoms with van der Waals surface area (Å²) in [6.07, 6.45) is 3.75. The van der Waals surface area contributed by atoms with Gasteiger partial charge < -0.3 is 9.64 Å². The molecule has 1 amide bonds. The van der Waals surface area contributed by atoms with Crippen LogP contribution in [0.4, 0.5) is 5.69 Å². The van der Waals surface area contributed by atoms with Crippen molar-refractivity contribution in [2.45, 2.75) is 18.9 Å². The van der Waals surface area contributed by atoms with Crippen molar-refractivity contribution >= 4 is 22.1 Å². The third-order valence-electron chi connectivity index (χ3n) is 4.27. The van der Waals surface area contributed by atoms with Gasteiger partial charge in [0.05, 0.1) is 31.2 Å². The first-order chi connectivity index (χ1) is 10.5. The molecule has 1 fully saturated rings. The van der Waals surface area contributed by atoms with Crippen LogP contribution in [0.25, 0.3) is 0 Å². The summed E-state index contributed by atoms with van der Waals surface area (Å²) in [6.45, 7) is 2.15. The average Bonchev–Trinajstić information content (AvgIpc) is 2.52. The number of rotatable bonds is 3. The highest BCUT2D eigenvalue weighted by molar-refractivity contribution is 7.92. The number of anilines is 1. The fraction of sp³-hybridized carbons (Fsp3) is 0.533. The predicted octanol–water partition coefficient (Wildman–Crippen LogP) is 0.928. The van der Waals surface area contributed by atoms with Crippen LogP contribution >= 0.6 is 0 Å². The van der Waals surface area contributed by atoms with E-state index < -0.39 is 10.0 Å². The van der Waals surface area contributed by atoms with Crippen LogP contribution in [0.15, 0.2) is 18.2 Å². The molecule has 2 heterocycles. The molecule has 0 radical (unpaired) electrons. The number of hydrogen-bond acceptors (Lipinski definition) is 4. The summed E-state index contributed by atoms with van der Waals surface area (Å²) in [5.74, 6) is 0. The first-order valence-corrected chi connectivity index (χ1v) is 9.25. The number of amides is 1. The number of fused-ring (bicyclic) bond motifs is 1. The maximum absolute atomic E-state index is 11.9. The Hall–Kier alpha value is -1.60. The van der Waals surface area contributed by atoms with E-state index in [1.165, 1.54) is 10.6 Å². The van der Waals surface area contributed by atoms with Crippen LogP contribution in [0, 0.1) is 0 Å².